The molecule has 0 rings (SSSR count). The van der Waals surface area contributed by atoms with E-state index in [1.807, 2.05) is 0 Å². The molecule has 0 aromatic rings. The van der Waals surface area contributed by atoms with Gasteiger partial charge in [-0.2, -0.15) is 0 Å². The molecule has 6 heteroatoms. The van der Waals surface area contributed by atoms with Crippen molar-refractivity contribution in [3.8, 4) is 0 Å². The number of carbonyl (C=O) groups excluding carboxylic acids is 3. The predicted octanol–water partition coefficient (Wildman–Crippen LogP) is 23.1. The van der Waals surface area contributed by atoms with Crippen LogP contribution in [0.5, 0.6) is 0 Å². The molecule has 0 aromatic carbocycles. The minimum absolute atomic E-state index is 0.0939. The van der Waals surface area contributed by atoms with Gasteiger partial charge >= 0.3 is 17.9 Å². The molecule has 0 saturated heterocycles. The highest BCUT2D eigenvalue weighted by Gasteiger charge is 2.19. The number of unbranched alkanes of at least 4 members (excludes halogenated alkanes) is 24. The summed E-state index contributed by atoms with van der Waals surface area (Å²) in [5.74, 6) is -0.932. The van der Waals surface area contributed by atoms with Gasteiger partial charge in [-0.05, 0) is 122 Å². The molecule has 0 aliphatic rings. The average molecular weight is 1120 g/mol. The van der Waals surface area contributed by atoms with E-state index in [4.69, 9.17) is 14.2 Å². The molecule has 0 bridgehead atoms. The molecule has 0 radical (unpaired) electrons. The van der Waals surface area contributed by atoms with Crippen molar-refractivity contribution in [1.29, 1.82) is 0 Å². The van der Waals surface area contributed by atoms with Crippen LogP contribution in [-0.2, 0) is 28.6 Å². The molecule has 0 aromatic heterocycles. The summed E-state index contributed by atoms with van der Waals surface area (Å²) in [4.78, 5) is 38.1. The van der Waals surface area contributed by atoms with Gasteiger partial charge in [-0.1, -0.05) is 295 Å². The maximum atomic E-state index is 12.9. The Morgan fingerprint density at radius 3 is 0.765 bits per heavy atom. The van der Waals surface area contributed by atoms with Crippen molar-refractivity contribution in [2.75, 3.05) is 13.2 Å². The molecule has 81 heavy (non-hydrogen) atoms. The van der Waals surface area contributed by atoms with Gasteiger partial charge in [0.1, 0.15) is 13.2 Å². The molecule has 0 aliphatic heterocycles. The quantitative estimate of drug-likeness (QED) is 0.0261. The Morgan fingerprint density at radius 2 is 0.481 bits per heavy atom. The van der Waals surface area contributed by atoms with Crippen LogP contribution in [0.3, 0.4) is 0 Å². The lowest BCUT2D eigenvalue weighted by atomic mass is 10.0. The van der Waals surface area contributed by atoms with Gasteiger partial charge in [-0.25, -0.2) is 0 Å². The topological polar surface area (TPSA) is 78.9 Å². The fourth-order valence-corrected chi connectivity index (χ4v) is 8.92. The first kappa shape index (κ1) is 76.3. The first-order valence-electron chi connectivity index (χ1n) is 33.3. The highest BCUT2D eigenvalue weighted by molar-refractivity contribution is 5.71. The van der Waals surface area contributed by atoms with Gasteiger partial charge in [0, 0.05) is 19.3 Å². The van der Waals surface area contributed by atoms with Crippen LogP contribution in [0.15, 0.2) is 146 Å². The molecule has 0 saturated carbocycles. The zero-order valence-electron chi connectivity index (χ0n) is 52.5. The Hall–Kier alpha value is -4.71. The number of allylic oxidation sites excluding steroid dienone is 24. The SMILES string of the molecule is CC/C=C\C/C=C\C/C=C\C/C=C\C/C=C\C/C=C\C/C=C\CCCCCC(=O)OC(COC(=O)CCCCCCCCC)COC(=O)CCCCCCCCCCCCCCCCC/C=C\C/C=C\C/C=C\C/C=C\C/C=C\CC. The number of carbonyl (C=O) groups is 3. The molecule has 1 atom stereocenters. The summed E-state index contributed by atoms with van der Waals surface area (Å²) < 4.78 is 16.8. The van der Waals surface area contributed by atoms with Gasteiger partial charge in [0.2, 0.25) is 0 Å². The second-order valence-corrected chi connectivity index (χ2v) is 21.6. The smallest absolute Gasteiger partial charge is 0.306 e. The van der Waals surface area contributed by atoms with Gasteiger partial charge in [0.05, 0.1) is 0 Å². The number of hydrogen-bond acceptors (Lipinski definition) is 6. The monoisotopic (exact) mass is 1120 g/mol. The maximum Gasteiger partial charge on any atom is 0.306 e. The van der Waals surface area contributed by atoms with Crippen molar-refractivity contribution in [1.82, 2.24) is 0 Å². The number of ether oxygens (including phenoxy) is 3. The second kappa shape index (κ2) is 67.8. The summed E-state index contributed by atoms with van der Waals surface area (Å²) >= 11 is 0. The standard InChI is InChI=1S/C75H122O6/c1-4-7-10-13-16-18-20-22-24-26-28-30-32-34-35-36-37-38-39-41-42-44-46-48-50-52-54-56-59-62-65-68-74(77)80-71-72(70-79-73(76)67-64-61-58-15-12-9-6-3)81-75(78)69-66-63-60-57-55-53-51-49-47-45-43-40-33-31-29-27-25-23-21-19-17-14-11-8-5-2/h7-8,10-11,16-19,22-25,28-31,34-35,40,43,47,49,53,55,72H,4-6,9,12-15,20-21,26-27,32-33,36-39,41-42,44-46,48,50-52,54,56-71H2,1-3H3/b10-7-,11-8-,18-16-,19-17-,24-22-,25-23-,30-28-,31-29-,35-34-,43-40-,49-47-,55-53-. The van der Waals surface area contributed by atoms with Crippen LogP contribution in [-0.4, -0.2) is 37.2 Å². The van der Waals surface area contributed by atoms with Crippen molar-refractivity contribution >= 4 is 17.9 Å². The Bertz CT molecular complexity index is 1760. The van der Waals surface area contributed by atoms with E-state index in [1.165, 1.54) is 109 Å². The van der Waals surface area contributed by atoms with Gasteiger partial charge in [-0.15, -0.1) is 0 Å². The van der Waals surface area contributed by atoms with E-state index in [9.17, 15) is 14.4 Å². The number of hydrogen-bond donors (Lipinski definition) is 0. The van der Waals surface area contributed by atoms with Gasteiger partial charge in [0.25, 0.3) is 0 Å². The Morgan fingerprint density at radius 1 is 0.259 bits per heavy atom. The molecule has 0 spiro atoms. The second-order valence-electron chi connectivity index (χ2n) is 21.6. The average Bonchev–Trinajstić information content (AvgIpc) is 3.46. The van der Waals surface area contributed by atoms with E-state index >= 15 is 0 Å². The molecule has 1 unspecified atom stereocenters. The van der Waals surface area contributed by atoms with Crippen LogP contribution in [0.25, 0.3) is 0 Å². The zero-order chi connectivity index (χ0) is 58.5. The van der Waals surface area contributed by atoms with Crippen LogP contribution in [0.4, 0.5) is 0 Å². The van der Waals surface area contributed by atoms with Crippen LogP contribution < -0.4 is 0 Å². The Balaban J connectivity index is 4.17. The number of rotatable bonds is 59. The molecule has 0 N–H and O–H groups in total. The molecule has 458 valence electrons. The van der Waals surface area contributed by atoms with Crippen LogP contribution in [0.2, 0.25) is 0 Å². The maximum absolute atomic E-state index is 12.9. The highest BCUT2D eigenvalue weighted by Crippen LogP contribution is 2.16. The third kappa shape index (κ3) is 66.0. The third-order valence-electron chi connectivity index (χ3n) is 13.8. The van der Waals surface area contributed by atoms with Crippen LogP contribution in [0, 0.1) is 0 Å². The van der Waals surface area contributed by atoms with E-state index in [2.05, 4.69) is 167 Å². The van der Waals surface area contributed by atoms with E-state index < -0.39 is 6.10 Å². The Kier molecular flexibility index (Phi) is 63.9. The fourth-order valence-electron chi connectivity index (χ4n) is 8.92. The van der Waals surface area contributed by atoms with Crippen molar-refractivity contribution in [3.63, 3.8) is 0 Å². The van der Waals surface area contributed by atoms with Crippen molar-refractivity contribution < 1.29 is 28.6 Å². The van der Waals surface area contributed by atoms with E-state index in [0.29, 0.717) is 12.8 Å². The van der Waals surface area contributed by atoms with Crippen molar-refractivity contribution in [2.45, 2.75) is 297 Å². The summed E-state index contributed by atoms with van der Waals surface area (Å²) in [5.41, 5.74) is 0. The lowest BCUT2D eigenvalue weighted by molar-refractivity contribution is -0.167. The van der Waals surface area contributed by atoms with E-state index in [1.54, 1.807) is 0 Å². The highest BCUT2D eigenvalue weighted by atomic mass is 16.6. The van der Waals surface area contributed by atoms with Crippen LogP contribution in [0.1, 0.15) is 290 Å². The predicted molar refractivity (Wildman–Crippen MR) is 352 cm³/mol. The van der Waals surface area contributed by atoms with Crippen LogP contribution >= 0.6 is 0 Å². The summed E-state index contributed by atoms with van der Waals surface area (Å²) in [6, 6.07) is 0. The first-order chi connectivity index (χ1) is 40.0. The summed E-state index contributed by atoms with van der Waals surface area (Å²) in [6.45, 7) is 6.35. The molecule has 6 nitrogen and oxygen atoms in total. The van der Waals surface area contributed by atoms with E-state index in [0.717, 1.165) is 141 Å². The third-order valence-corrected chi connectivity index (χ3v) is 13.8. The molecular formula is C75H122O6. The lowest BCUT2D eigenvalue weighted by Crippen LogP contribution is -2.30. The molecule has 0 amide bonds. The van der Waals surface area contributed by atoms with E-state index in [-0.39, 0.29) is 37.5 Å². The lowest BCUT2D eigenvalue weighted by Gasteiger charge is -2.18. The normalized spacial score (nSPS) is 13.1. The minimum Gasteiger partial charge on any atom is -0.462 e. The summed E-state index contributed by atoms with van der Waals surface area (Å²) in [7, 11) is 0. The van der Waals surface area contributed by atoms with Crippen molar-refractivity contribution in [3.05, 3.63) is 146 Å². The van der Waals surface area contributed by atoms with Gasteiger partial charge in [-0.3, -0.25) is 14.4 Å². The van der Waals surface area contributed by atoms with Gasteiger partial charge < -0.3 is 14.2 Å². The largest absolute Gasteiger partial charge is 0.462 e. The number of esters is 3. The van der Waals surface area contributed by atoms with Gasteiger partial charge in [0.15, 0.2) is 6.10 Å². The molecule has 0 heterocycles. The fraction of sp³-hybridized carbons (Fsp3) is 0.640. The van der Waals surface area contributed by atoms with Crippen molar-refractivity contribution in [2.24, 2.45) is 0 Å². The molecule has 0 aliphatic carbocycles. The zero-order valence-corrected chi connectivity index (χ0v) is 52.5. The molecule has 0 fully saturated rings. The molecular weight excluding hydrogens is 997 g/mol. The summed E-state index contributed by atoms with van der Waals surface area (Å²) in [5, 5.41) is 0. The Labute approximate surface area is 499 Å². The first-order valence-corrected chi connectivity index (χ1v) is 33.3. The minimum atomic E-state index is -0.799. The summed E-state index contributed by atoms with van der Waals surface area (Å²) in [6.07, 6.45) is 97.5.